The maximum absolute atomic E-state index is 9.21. The summed E-state index contributed by atoms with van der Waals surface area (Å²) in [5.41, 5.74) is 0. The van der Waals surface area contributed by atoms with Gasteiger partial charge in [0.2, 0.25) is 0 Å². The molecule has 4 atom stereocenters. The molecule has 3 nitrogen and oxygen atoms in total. The van der Waals surface area contributed by atoms with Crippen molar-refractivity contribution < 1.29 is 14.9 Å². The van der Waals surface area contributed by atoms with Crippen molar-refractivity contribution in [3.63, 3.8) is 0 Å². The first-order valence-corrected chi connectivity index (χ1v) is 3.80. The Kier molecular flexibility index (Phi) is 2.57. The molecular weight excluding hydrogens is 152 g/mol. The van der Waals surface area contributed by atoms with Crippen LogP contribution in [0.3, 0.4) is 0 Å². The van der Waals surface area contributed by atoms with E-state index in [9.17, 15) is 10.2 Å². The largest absolute Gasteiger partial charge is 0.389 e. The smallest absolute Gasteiger partial charge is 0.107 e. The molecule has 2 N–H and O–H groups in total. The minimum Gasteiger partial charge on any atom is -0.389 e. The van der Waals surface area contributed by atoms with E-state index in [1.165, 1.54) is 0 Å². The normalized spacial score (nSPS) is 49.2. The van der Waals surface area contributed by atoms with E-state index >= 15 is 0 Å². The van der Waals surface area contributed by atoms with Crippen molar-refractivity contribution in [1.29, 1.82) is 0 Å². The highest BCUT2D eigenvalue weighted by Crippen LogP contribution is 2.18. The van der Waals surface area contributed by atoms with E-state index in [1.807, 2.05) is 0 Å². The van der Waals surface area contributed by atoms with E-state index in [0.29, 0.717) is 6.61 Å². The summed E-state index contributed by atoms with van der Waals surface area (Å²) in [5.74, 6) is 0. The molecule has 1 aliphatic rings. The van der Waals surface area contributed by atoms with E-state index in [1.54, 1.807) is 6.92 Å². The number of aliphatic hydroxyl groups is 2. The van der Waals surface area contributed by atoms with E-state index in [0.717, 1.165) is 0 Å². The second-order valence-corrected chi connectivity index (χ2v) is 3.25. The van der Waals surface area contributed by atoms with Crippen LogP contribution in [-0.2, 0) is 4.74 Å². The van der Waals surface area contributed by atoms with Gasteiger partial charge in [0.25, 0.3) is 0 Å². The fraction of sp³-hybridized carbons (Fsp3) is 1.00. The van der Waals surface area contributed by atoms with Gasteiger partial charge in [-0.3, -0.25) is 0 Å². The summed E-state index contributed by atoms with van der Waals surface area (Å²) in [5, 5.41) is 18.1. The highest BCUT2D eigenvalue weighted by Gasteiger charge is 2.33. The van der Waals surface area contributed by atoms with Crippen molar-refractivity contribution in [3.8, 4) is 0 Å². The molecule has 1 heterocycles. The Bertz CT molecular complexity index is 106. The molecular formula is C6H12O3S. The first-order chi connectivity index (χ1) is 4.63. The van der Waals surface area contributed by atoms with Gasteiger partial charge in [0.1, 0.15) is 6.10 Å². The fourth-order valence-corrected chi connectivity index (χ4v) is 1.22. The molecule has 0 saturated carbocycles. The Labute approximate surface area is 65.4 Å². The van der Waals surface area contributed by atoms with Crippen molar-refractivity contribution in [2.45, 2.75) is 30.5 Å². The Balaban J connectivity index is 2.52. The second kappa shape index (κ2) is 3.09. The van der Waals surface area contributed by atoms with Crippen LogP contribution in [0.25, 0.3) is 0 Å². The van der Waals surface area contributed by atoms with Gasteiger partial charge in [-0.1, -0.05) is 0 Å². The summed E-state index contributed by atoms with van der Waals surface area (Å²) in [6, 6.07) is 0. The number of ether oxygens (including phenoxy) is 1. The van der Waals surface area contributed by atoms with Crippen LogP contribution in [0, 0.1) is 0 Å². The number of thiol groups is 1. The maximum Gasteiger partial charge on any atom is 0.107 e. The van der Waals surface area contributed by atoms with Gasteiger partial charge in [-0.15, -0.1) is 0 Å². The molecule has 1 saturated heterocycles. The molecule has 0 aromatic carbocycles. The van der Waals surface area contributed by atoms with Crippen molar-refractivity contribution >= 4 is 12.6 Å². The molecule has 0 aromatic rings. The van der Waals surface area contributed by atoms with Gasteiger partial charge in [0, 0.05) is 0 Å². The average molecular weight is 164 g/mol. The van der Waals surface area contributed by atoms with Crippen LogP contribution in [0.2, 0.25) is 0 Å². The first-order valence-electron chi connectivity index (χ1n) is 3.28. The van der Waals surface area contributed by atoms with Crippen molar-refractivity contribution in [2.75, 3.05) is 6.61 Å². The zero-order valence-corrected chi connectivity index (χ0v) is 6.66. The van der Waals surface area contributed by atoms with Crippen molar-refractivity contribution in [2.24, 2.45) is 0 Å². The zero-order valence-electron chi connectivity index (χ0n) is 5.77. The standard InChI is InChI=1S/C6H12O3S/c1-3-5(7)6(8)4(10)2-9-3/h3-8,10H,2H2,1H3/t3-,4-,5-,6-/m1/s1. The van der Waals surface area contributed by atoms with Gasteiger partial charge in [-0.2, -0.15) is 12.6 Å². The maximum atomic E-state index is 9.21. The highest BCUT2D eigenvalue weighted by molar-refractivity contribution is 7.81. The highest BCUT2D eigenvalue weighted by atomic mass is 32.1. The molecule has 0 amide bonds. The predicted molar refractivity (Wildman–Crippen MR) is 40.2 cm³/mol. The van der Waals surface area contributed by atoms with Gasteiger partial charge < -0.3 is 14.9 Å². The minimum atomic E-state index is -0.795. The molecule has 1 fully saturated rings. The van der Waals surface area contributed by atoms with E-state index < -0.39 is 12.2 Å². The van der Waals surface area contributed by atoms with Crippen LogP contribution in [0.1, 0.15) is 6.92 Å². The van der Waals surface area contributed by atoms with Crippen LogP contribution in [0.4, 0.5) is 0 Å². The molecule has 0 spiro atoms. The second-order valence-electron chi connectivity index (χ2n) is 2.59. The summed E-state index contributed by atoms with van der Waals surface area (Å²) >= 11 is 4.02. The van der Waals surface area contributed by atoms with E-state index in [2.05, 4.69) is 12.6 Å². The van der Waals surface area contributed by atoms with E-state index in [-0.39, 0.29) is 11.4 Å². The summed E-state index contributed by atoms with van der Waals surface area (Å²) in [6.45, 7) is 2.13. The molecule has 0 bridgehead atoms. The zero-order chi connectivity index (χ0) is 7.72. The van der Waals surface area contributed by atoms with Crippen LogP contribution in [0.15, 0.2) is 0 Å². The monoisotopic (exact) mass is 164 g/mol. The average Bonchev–Trinajstić information content (AvgIpc) is 1.93. The number of rotatable bonds is 0. The minimum absolute atomic E-state index is 0.258. The lowest BCUT2D eigenvalue weighted by molar-refractivity contribution is -0.122. The third-order valence-electron chi connectivity index (χ3n) is 1.75. The lowest BCUT2D eigenvalue weighted by atomic mass is 10.0. The summed E-state index contributed by atoms with van der Waals surface area (Å²) in [4.78, 5) is 0. The van der Waals surface area contributed by atoms with Crippen molar-refractivity contribution in [3.05, 3.63) is 0 Å². The summed E-state index contributed by atoms with van der Waals surface area (Å²) in [6.07, 6.45) is -1.83. The Morgan fingerprint density at radius 1 is 1.40 bits per heavy atom. The molecule has 0 aromatic heterocycles. The lowest BCUT2D eigenvalue weighted by Gasteiger charge is -2.33. The third-order valence-corrected chi connectivity index (χ3v) is 2.21. The molecule has 4 heteroatoms. The molecule has 0 radical (unpaired) electrons. The Morgan fingerprint density at radius 2 is 2.00 bits per heavy atom. The molecule has 0 aliphatic carbocycles. The quantitative estimate of drug-likeness (QED) is 0.420. The van der Waals surface area contributed by atoms with Gasteiger partial charge in [-0.25, -0.2) is 0 Å². The van der Waals surface area contributed by atoms with Crippen LogP contribution < -0.4 is 0 Å². The van der Waals surface area contributed by atoms with E-state index in [4.69, 9.17) is 4.74 Å². The number of hydrogen-bond donors (Lipinski definition) is 3. The first kappa shape index (κ1) is 8.33. The Hall–Kier alpha value is 0.230. The molecule has 1 rings (SSSR count). The van der Waals surface area contributed by atoms with Crippen LogP contribution in [0.5, 0.6) is 0 Å². The predicted octanol–water partition coefficient (Wildman–Crippen LogP) is -0.575. The molecule has 60 valence electrons. The molecule has 1 aliphatic heterocycles. The molecule has 10 heavy (non-hydrogen) atoms. The van der Waals surface area contributed by atoms with Crippen LogP contribution in [-0.4, -0.2) is 40.4 Å². The summed E-state index contributed by atoms with van der Waals surface area (Å²) < 4.78 is 5.09. The number of hydrogen-bond acceptors (Lipinski definition) is 4. The molecule has 0 unspecified atom stereocenters. The Morgan fingerprint density at radius 3 is 2.50 bits per heavy atom. The van der Waals surface area contributed by atoms with Crippen LogP contribution >= 0.6 is 12.6 Å². The lowest BCUT2D eigenvalue weighted by Crippen LogP contribution is -2.49. The number of aliphatic hydroxyl groups excluding tert-OH is 2. The van der Waals surface area contributed by atoms with Crippen molar-refractivity contribution in [1.82, 2.24) is 0 Å². The topological polar surface area (TPSA) is 49.7 Å². The van der Waals surface area contributed by atoms with Gasteiger partial charge in [0.05, 0.1) is 24.1 Å². The van der Waals surface area contributed by atoms with Gasteiger partial charge in [-0.05, 0) is 6.92 Å². The van der Waals surface area contributed by atoms with Gasteiger partial charge in [0.15, 0.2) is 0 Å². The summed E-state index contributed by atoms with van der Waals surface area (Å²) in [7, 11) is 0. The van der Waals surface area contributed by atoms with Gasteiger partial charge >= 0.3 is 0 Å². The fourth-order valence-electron chi connectivity index (χ4n) is 0.953. The SMILES string of the molecule is C[C@H]1OC[C@@H](S)[C@@H](O)[C@@H]1O. The third kappa shape index (κ3) is 1.45.